The molecule has 1 saturated heterocycles. The van der Waals surface area contributed by atoms with E-state index in [1.807, 2.05) is 0 Å². The molecule has 4 nitrogen and oxygen atoms in total. The second-order valence-electron chi connectivity index (χ2n) is 3.49. The Kier molecular flexibility index (Phi) is 3.28. The van der Waals surface area contributed by atoms with E-state index in [1.165, 1.54) is 0 Å². The third-order valence-electron chi connectivity index (χ3n) is 2.25. The van der Waals surface area contributed by atoms with Crippen LogP contribution in [-0.2, 0) is 4.74 Å². The Morgan fingerprint density at radius 2 is 2.13 bits per heavy atom. The lowest BCUT2D eigenvalue weighted by Gasteiger charge is -2.22. The Hall–Kier alpha value is -1.00. The molecule has 1 aliphatic rings. The zero-order valence-corrected chi connectivity index (χ0v) is 9.04. The average molecular weight is 229 g/mol. The normalized spacial score (nSPS) is 17.7. The van der Waals surface area contributed by atoms with E-state index in [9.17, 15) is 0 Å². The van der Waals surface area contributed by atoms with E-state index in [0.29, 0.717) is 16.7 Å². The summed E-state index contributed by atoms with van der Waals surface area (Å²) in [6.07, 6.45) is 1.92. The summed E-state index contributed by atoms with van der Waals surface area (Å²) < 4.78 is 10.9. The van der Waals surface area contributed by atoms with Crippen molar-refractivity contribution in [3.8, 4) is 5.88 Å². The van der Waals surface area contributed by atoms with Gasteiger partial charge in [0.1, 0.15) is 11.3 Å². The van der Waals surface area contributed by atoms with E-state index in [1.54, 1.807) is 12.1 Å². The average Bonchev–Trinajstić information content (AvgIpc) is 2.17. The Balaban J connectivity index is 2.02. The molecule has 0 amide bonds. The van der Waals surface area contributed by atoms with Crippen LogP contribution in [0.15, 0.2) is 12.1 Å². The zero-order valence-electron chi connectivity index (χ0n) is 8.28. The molecule has 0 radical (unpaired) electrons. The highest BCUT2D eigenvalue weighted by Crippen LogP contribution is 2.21. The first-order valence-corrected chi connectivity index (χ1v) is 5.29. The highest BCUT2D eigenvalue weighted by atomic mass is 35.5. The van der Waals surface area contributed by atoms with E-state index in [0.717, 1.165) is 26.1 Å². The van der Waals surface area contributed by atoms with Crippen molar-refractivity contribution < 1.29 is 9.47 Å². The van der Waals surface area contributed by atoms with E-state index < -0.39 is 0 Å². The molecule has 0 spiro atoms. The van der Waals surface area contributed by atoms with Crippen LogP contribution in [0.5, 0.6) is 5.88 Å². The summed E-state index contributed by atoms with van der Waals surface area (Å²) in [7, 11) is 0. The van der Waals surface area contributed by atoms with E-state index in [4.69, 9.17) is 26.8 Å². The van der Waals surface area contributed by atoms with E-state index in [2.05, 4.69) is 4.98 Å². The summed E-state index contributed by atoms with van der Waals surface area (Å²) >= 11 is 5.77. The van der Waals surface area contributed by atoms with Crippen molar-refractivity contribution in [2.24, 2.45) is 0 Å². The molecule has 0 saturated carbocycles. The van der Waals surface area contributed by atoms with Crippen LogP contribution >= 0.6 is 11.6 Å². The predicted molar refractivity (Wildman–Crippen MR) is 58.1 cm³/mol. The van der Waals surface area contributed by atoms with Crippen molar-refractivity contribution in [1.29, 1.82) is 0 Å². The SMILES string of the molecule is Nc1cc(Cl)nc(OC2CCOCC2)c1. The predicted octanol–water partition coefficient (Wildman–Crippen LogP) is 1.88. The molecule has 1 aliphatic heterocycles. The topological polar surface area (TPSA) is 57.4 Å². The molecule has 1 aromatic heterocycles. The number of nitrogens with zero attached hydrogens (tertiary/aromatic N) is 1. The number of pyridine rings is 1. The van der Waals surface area contributed by atoms with Crippen molar-refractivity contribution >= 4 is 17.3 Å². The molecule has 0 atom stereocenters. The van der Waals surface area contributed by atoms with Gasteiger partial charge in [0.05, 0.1) is 13.2 Å². The van der Waals surface area contributed by atoms with Gasteiger partial charge in [-0.05, 0) is 6.07 Å². The Labute approximate surface area is 93.3 Å². The highest BCUT2D eigenvalue weighted by molar-refractivity contribution is 6.29. The minimum absolute atomic E-state index is 0.157. The quantitative estimate of drug-likeness (QED) is 0.786. The van der Waals surface area contributed by atoms with Crippen molar-refractivity contribution in [3.05, 3.63) is 17.3 Å². The lowest BCUT2D eigenvalue weighted by Crippen LogP contribution is -2.26. The van der Waals surface area contributed by atoms with Crippen LogP contribution in [0, 0.1) is 0 Å². The van der Waals surface area contributed by atoms with Crippen molar-refractivity contribution in [2.45, 2.75) is 18.9 Å². The molecule has 1 aromatic rings. The van der Waals surface area contributed by atoms with Crippen LogP contribution in [0.4, 0.5) is 5.69 Å². The monoisotopic (exact) mass is 228 g/mol. The fraction of sp³-hybridized carbons (Fsp3) is 0.500. The molecule has 5 heteroatoms. The molecule has 1 fully saturated rings. The van der Waals surface area contributed by atoms with Gasteiger partial charge in [-0.3, -0.25) is 0 Å². The van der Waals surface area contributed by atoms with Crippen LogP contribution in [0.1, 0.15) is 12.8 Å². The second-order valence-corrected chi connectivity index (χ2v) is 3.88. The lowest BCUT2D eigenvalue weighted by molar-refractivity contribution is 0.0238. The molecule has 0 aliphatic carbocycles. The maximum absolute atomic E-state index is 5.77. The summed E-state index contributed by atoms with van der Waals surface area (Å²) in [5.74, 6) is 0.493. The Morgan fingerprint density at radius 3 is 2.80 bits per heavy atom. The molecule has 0 bridgehead atoms. The second kappa shape index (κ2) is 4.68. The number of nitrogen functional groups attached to an aromatic ring is 1. The first-order valence-electron chi connectivity index (χ1n) is 4.91. The van der Waals surface area contributed by atoms with E-state index in [-0.39, 0.29) is 6.10 Å². The standard InChI is InChI=1S/C10H13ClN2O2/c11-9-5-7(12)6-10(13-9)15-8-1-3-14-4-2-8/h5-6,8H,1-4H2,(H2,12,13). The third kappa shape index (κ3) is 2.97. The van der Waals surface area contributed by atoms with Crippen LogP contribution in [0.2, 0.25) is 5.15 Å². The molecule has 2 heterocycles. The van der Waals surface area contributed by atoms with Crippen LogP contribution in [0.3, 0.4) is 0 Å². The Morgan fingerprint density at radius 1 is 1.40 bits per heavy atom. The van der Waals surface area contributed by atoms with Crippen LogP contribution in [-0.4, -0.2) is 24.3 Å². The van der Waals surface area contributed by atoms with E-state index >= 15 is 0 Å². The zero-order chi connectivity index (χ0) is 10.7. The summed E-state index contributed by atoms with van der Waals surface area (Å²) in [6.45, 7) is 1.47. The van der Waals surface area contributed by atoms with Crippen LogP contribution in [0.25, 0.3) is 0 Å². The molecule has 2 rings (SSSR count). The molecule has 82 valence electrons. The molecule has 2 N–H and O–H groups in total. The van der Waals surface area contributed by atoms with Gasteiger partial charge in [-0.25, -0.2) is 4.98 Å². The number of halogens is 1. The smallest absolute Gasteiger partial charge is 0.217 e. The third-order valence-corrected chi connectivity index (χ3v) is 2.44. The highest BCUT2D eigenvalue weighted by Gasteiger charge is 2.16. The molecule has 15 heavy (non-hydrogen) atoms. The van der Waals surface area contributed by atoms with Gasteiger partial charge in [-0.1, -0.05) is 11.6 Å². The van der Waals surface area contributed by atoms with Crippen molar-refractivity contribution in [1.82, 2.24) is 4.98 Å². The molecule has 0 unspecified atom stereocenters. The summed E-state index contributed by atoms with van der Waals surface area (Å²) in [4.78, 5) is 4.05. The number of nitrogens with two attached hydrogens (primary N) is 1. The number of ether oxygens (including phenoxy) is 2. The van der Waals surface area contributed by atoms with Crippen LogP contribution < -0.4 is 10.5 Å². The maximum atomic E-state index is 5.77. The number of hydrogen-bond donors (Lipinski definition) is 1. The summed E-state index contributed by atoms with van der Waals surface area (Å²) in [5.41, 5.74) is 6.20. The fourth-order valence-electron chi connectivity index (χ4n) is 1.52. The van der Waals surface area contributed by atoms with Crippen molar-refractivity contribution in [2.75, 3.05) is 18.9 Å². The summed E-state index contributed by atoms with van der Waals surface area (Å²) in [6, 6.07) is 3.28. The summed E-state index contributed by atoms with van der Waals surface area (Å²) in [5, 5.41) is 0.358. The first-order chi connectivity index (χ1) is 7.24. The van der Waals surface area contributed by atoms with Gasteiger partial charge in [0, 0.05) is 24.6 Å². The number of hydrogen-bond acceptors (Lipinski definition) is 4. The largest absolute Gasteiger partial charge is 0.474 e. The Bertz CT molecular complexity index is 320. The minimum atomic E-state index is 0.157. The number of anilines is 1. The fourth-order valence-corrected chi connectivity index (χ4v) is 1.73. The van der Waals surface area contributed by atoms with Gasteiger partial charge < -0.3 is 15.2 Å². The van der Waals surface area contributed by atoms with Crippen molar-refractivity contribution in [3.63, 3.8) is 0 Å². The lowest BCUT2D eigenvalue weighted by atomic mass is 10.1. The maximum Gasteiger partial charge on any atom is 0.217 e. The van der Waals surface area contributed by atoms with Gasteiger partial charge >= 0.3 is 0 Å². The molecule has 0 aromatic carbocycles. The minimum Gasteiger partial charge on any atom is -0.474 e. The number of aromatic nitrogens is 1. The molecular formula is C10H13ClN2O2. The first kappa shape index (κ1) is 10.5. The van der Waals surface area contributed by atoms with Gasteiger partial charge in [-0.15, -0.1) is 0 Å². The van der Waals surface area contributed by atoms with Gasteiger partial charge in [0.2, 0.25) is 5.88 Å². The van der Waals surface area contributed by atoms with Gasteiger partial charge in [-0.2, -0.15) is 0 Å². The van der Waals surface area contributed by atoms with Gasteiger partial charge in [0.15, 0.2) is 0 Å². The molecular weight excluding hydrogens is 216 g/mol. The van der Waals surface area contributed by atoms with Gasteiger partial charge in [0.25, 0.3) is 0 Å². The number of rotatable bonds is 2.